The number of aromatic amines is 1. The number of nitrogens with zero attached hydrogens (tertiary/aromatic N) is 3. The summed E-state index contributed by atoms with van der Waals surface area (Å²) in [6.07, 6.45) is 2.03. The predicted molar refractivity (Wildman–Crippen MR) is 107 cm³/mol. The number of rotatable bonds is 4. The van der Waals surface area contributed by atoms with Gasteiger partial charge in [0.15, 0.2) is 0 Å². The van der Waals surface area contributed by atoms with Gasteiger partial charge in [0.05, 0.1) is 11.0 Å². The van der Waals surface area contributed by atoms with Crippen LogP contribution in [0.15, 0.2) is 59.4 Å². The van der Waals surface area contributed by atoms with Crippen LogP contribution in [0.2, 0.25) is 0 Å². The lowest BCUT2D eigenvalue weighted by Crippen LogP contribution is -2.49. The van der Waals surface area contributed by atoms with Gasteiger partial charge in [-0.3, -0.25) is 9.36 Å². The van der Waals surface area contributed by atoms with Gasteiger partial charge in [0, 0.05) is 31.9 Å². The van der Waals surface area contributed by atoms with Crippen molar-refractivity contribution in [3.63, 3.8) is 0 Å². The standard InChI is InChI=1S/C21H24N4O2/c1-23(17-10-7-13-24(14-17)16-8-3-2-4-9-16)20(26)15-25-19-12-6-5-11-18(19)22-21(25)27/h2-6,8-9,11-12,17H,7,10,13-15H2,1H3,(H,22,27). The third-order valence-electron chi connectivity index (χ3n) is 5.43. The number of imidazole rings is 1. The lowest BCUT2D eigenvalue weighted by atomic mass is 10.0. The molecule has 3 aromatic rings. The van der Waals surface area contributed by atoms with Crippen LogP contribution < -0.4 is 10.6 Å². The largest absolute Gasteiger partial charge is 0.369 e. The van der Waals surface area contributed by atoms with Gasteiger partial charge < -0.3 is 14.8 Å². The molecule has 27 heavy (non-hydrogen) atoms. The van der Waals surface area contributed by atoms with E-state index < -0.39 is 0 Å². The van der Waals surface area contributed by atoms with Crippen LogP contribution in [0, 0.1) is 0 Å². The molecule has 0 saturated carbocycles. The van der Waals surface area contributed by atoms with E-state index in [-0.39, 0.29) is 24.2 Å². The Labute approximate surface area is 158 Å². The number of fused-ring (bicyclic) bond motifs is 1. The van der Waals surface area contributed by atoms with Crippen molar-refractivity contribution in [3.05, 3.63) is 65.1 Å². The summed E-state index contributed by atoms with van der Waals surface area (Å²) in [5.74, 6) is -0.0400. The first-order chi connectivity index (χ1) is 13.1. The fraction of sp³-hybridized carbons (Fsp3) is 0.333. The van der Waals surface area contributed by atoms with Crippen molar-refractivity contribution >= 4 is 22.6 Å². The summed E-state index contributed by atoms with van der Waals surface area (Å²) in [5, 5.41) is 0. The fourth-order valence-electron chi connectivity index (χ4n) is 3.86. The van der Waals surface area contributed by atoms with Crippen LogP contribution in [0.25, 0.3) is 11.0 Å². The smallest absolute Gasteiger partial charge is 0.326 e. The molecule has 140 valence electrons. The first-order valence-corrected chi connectivity index (χ1v) is 9.36. The number of H-pyrrole nitrogens is 1. The highest BCUT2D eigenvalue weighted by molar-refractivity contribution is 5.80. The second-order valence-electron chi connectivity index (χ2n) is 7.12. The molecule has 1 saturated heterocycles. The number of anilines is 1. The molecule has 6 heteroatoms. The molecule has 6 nitrogen and oxygen atoms in total. The third kappa shape index (κ3) is 3.47. The van der Waals surface area contributed by atoms with E-state index in [0.717, 1.165) is 37.0 Å². The van der Waals surface area contributed by atoms with E-state index in [1.54, 1.807) is 0 Å². The normalized spacial score (nSPS) is 17.2. The summed E-state index contributed by atoms with van der Waals surface area (Å²) in [6, 6.07) is 17.9. The first kappa shape index (κ1) is 17.4. The molecular formula is C21H24N4O2. The van der Waals surface area contributed by atoms with Crippen molar-refractivity contribution in [1.29, 1.82) is 0 Å². The Morgan fingerprint density at radius 2 is 1.89 bits per heavy atom. The number of nitrogens with one attached hydrogen (secondary N) is 1. The van der Waals surface area contributed by atoms with Crippen molar-refractivity contribution in [2.75, 3.05) is 25.0 Å². The Morgan fingerprint density at radius 3 is 2.70 bits per heavy atom. The van der Waals surface area contributed by atoms with E-state index in [2.05, 4.69) is 22.0 Å². The number of aromatic nitrogens is 2. The Morgan fingerprint density at radius 1 is 1.15 bits per heavy atom. The van der Waals surface area contributed by atoms with Gasteiger partial charge in [-0.2, -0.15) is 0 Å². The third-order valence-corrected chi connectivity index (χ3v) is 5.43. The van der Waals surface area contributed by atoms with Crippen molar-refractivity contribution in [1.82, 2.24) is 14.5 Å². The Hall–Kier alpha value is -3.02. The number of carbonyl (C=O) groups excluding carboxylic acids is 1. The molecule has 0 radical (unpaired) electrons. The summed E-state index contributed by atoms with van der Waals surface area (Å²) < 4.78 is 1.52. The average Bonchev–Trinajstić information content (AvgIpc) is 3.03. The maximum atomic E-state index is 12.9. The minimum absolute atomic E-state index is 0.0400. The summed E-state index contributed by atoms with van der Waals surface area (Å²) in [6.45, 7) is 1.88. The minimum Gasteiger partial charge on any atom is -0.369 e. The summed E-state index contributed by atoms with van der Waals surface area (Å²) in [4.78, 5) is 32.1. The second kappa shape index (κ2) is 7.31. The number of piperidine rings is 1. The number of hydrogen-bond acceptors (Lipinski definition) is 3. The Bertz CT molecular complexity index is 992. The maximum Gasteiger partial charge on any atom is 0.326 e. The molecule has 0 spiro atoms. The second-order valence-corrected chi connectivity index (χ2v) is 7.12. The molecule has 0 bridgehead atoms. The molecule has 2 aromatic carbocycles. The quantitative estimate of drug-likeness (QED) is 0.774. The molecule has 1 unspecified atom stereocenters. The van der Waals surface area contributed by atoms with Crippen LogP contribution in [-0.2, 0) is 11.3 Å². The van der Waals surface area contributed by atoms with Gasteiger partial charge in [0.2, 0.25) is 5.91 Å². The van der Waals surface area contributed by atoms with Crippen LogP contribution in [0.4, 0.5) is 5.69 Å². The van der Waals surface area contributed by atoms with E-state index in [1.807, 2.05) is 54.4 Å². The van der Waals surface area contributed by atoms with Gasteiger partial charge in [-0.25, -0.2) is 4.79 Å². The zero-order chi connectivity index (χ0) is 18.8. The van der Waals surface area contributed by atoms with Gasteiger partial charge in [-0.1, -0.05) is 30.3 Å². The fourth-order valence-corrected chi connectivity index (χ4v) is 3.86. The monoisotopic (exact) mass is 364 g/mol. The van der Waals surface area contributed by atoms with Crippen LogP contribution in [0.3, 0.4) is 0 Å². The lowest BCUT2D eigenvalue weighted by molar-refractivity contribution is -0.132. The molecular weight excluding hydrogens is 340 g/mol. The number of para-hydroxylation sites is 3. The number of amides is 1. The van der Waals surface area contributed by atoms with E-state index in [0.29, 0.717) is 0 Å². The molecule has 0 aliphatic carbocycles. The minimum atomic E-state index is -0.243. The SMILES string of the molecule is CN(C(=O)Cn1c(=O)[nH]c2ccccc21)C1CCCN(c2ccccc2)C1. The van der Waals surface area contributed by atoms with E-state index in [1.165, 1.54) is 10.3 Å². The summed E-state index contributed by atoms with van der Waals surface area (Å²) in [5.41, 5.74) is 2.47. The predicted octanol–water partition coefficient (Wildman–Crippen LogP) is 2.46. The van der Waals surface area contributed by atoms with Crippen molar-refractivity contribution in [2.45, 2.75) is 25.4 Å². The Balaban J connectivity index is 1.48. The van der Waals surface area contributed by atoms with Crippen LogP contribution in [0.5, 0.6) is 0 Å². The van der Waals surface area contributed by atoms with Gasteiger partial charge in [0.1, 0.15) is 6.54 Å². The van der Waals surface area contributed by atoms with Crippen LogP contribution in [-0.4, -0.2) is 46.5 Å². The Kier molecular flexibility index (Phi) is 4.71. The molecule has 4 rings (SSSR count). The van der Waals surface area contributed by atoms with E-state index >= 15 is 0 Å². The molecule has 1 N–H and O–H groups in total. The number of likely N-dealkylation sites (N-methyl/N-ethyl adjacent to an activating group) is 1. The molecule has 1 fully saturated rings. The van der Waals surface area contributed by atoms with Gasteiger partial charge in [0.25, 0.3) is 0 Å². The molecule has 2 heterocycles. The first-order valence-electron chi connectivity index (χ1n) is 9.36. The number of benzene rings is 2. The zero-order valence-electron chi connectivity index (χ0n) is 15.5. The molecule has 1 amide bonds. The lowest BCUT2D eigenvalue weighted by Gasteiger charge is -2.39. The highest BCUT2D eigenvalue weighted by atomic mass is 16.2. The van der Waals surface area contributed by atoms with E-state index in [9.17, 15) is 9.59 Å². The van der Waals surface area contributed by atoms with Crippen molar-refractivity contribution < 1.29 is 4.79 Å². The molecule has 1 aliphatic heterocycles. The number of hydrogen-bond donors (Lipinski definition) is 1. The van der Waals surface area contributed by atoms with Gasteiger partial charge >= 0.3 is 5.69 Å². The summed E-state index contributed by atoms with van der Waals surface area (Å²) in [7, 11) is 1.85. The highest BCUT2D eigenvalue weighted by Gasteiger charge is 2.26. The van der Waals surface area contributed by atoms with Gasteiger partial charge in [-0.05, 0) is 37.1 Å². The van der Waals surface area contributed by atoms with Crippen molar-refractivity contribution in [3.8, 4) is 0 Å². The van der Waals surface area contributed by atoms with E-state index in [4.69, 9.17) is 0 Å². The summed E-state index contributed by atoms with van der Waals surface area (Å²) >= 11 is 0. The zero-order valence-corrected chi connectivity index (χ0v) is 15.5. The highest BCUT2D eigenvalue weighted by Crippen LogP contribution is 2.22. The molecule has 1 atom stereocenters. The number of carbonyl (C=O) groups is 1. The molecule has 1 aromatic heterocycles. The molecule has 1 aliphatic rings. The maximum absolute atomic E-state index is 12.9. The van der Waals surface area contributed by atoms with Crippen molar-refractivity contribution in [2.24, 2.45) is 0 Å². The topological polar surface area (TPSA) is 61.3 Å². The van der Waals surface area contributed by atoms with Crippen LogP contribution >= 0.6 is 0 Å². The van der Waals surface area contributed by atoms with Gasteiger partial charge in [-0.15, -0.1) is 0 Å². The average molecular weight is 364 g/mol. The van der Waals surface area contributed by atoms with Crippen LogP contribution in [0.1, 0.15) is 12.8 Å².